The van der Waals surface area contributed by atoms with Gasteiger partial charge in [0, 0.05) is 20.1 Å². The number of likely N-dealkylation sites (N-methyl/N-ethyl adjacent to an activating group) is 1. The number of nitrogens with zero attached hydrogens (tertiary/aromatic N) is 1. The van der Waals surface area contributed by atoms with Gasteiger partial charge in [-0.05, 0) is 18.2 Å². The van der Waals surface area contributed by atoms with Gasteiger partial charge in [-0.3, -0.25) is 4.79 Å². The lowest BCUT2D eigenvalue weighted by molar-refractivity contribution is 0.0799. The Kier molecular flexibility index (Phi) is 4.05. The van der Waals surface area contributed by atoms with Crippen LogP contribution in [0.4, 0.5) is 4.39 Å². The van der Waals surface area contributed by atoms with E-state index >= 15 is 0 Å². The molecule has 0 unspecified atom stereocenters. The standard InChI is InChI=1S/C10H12ClFN2O/c1-14(5-4-13)10(15)8-3-2-7(12)6-9(8)11/h2-3,6H,4-5,13H2,1H3. The van der Waals surface area contributed by atoms with Crippen molar-refractivity contribution >= 4 is 17.5 Å². The monoisotopic (exact) mass is 230 g/mol. The fourth-order valence-corrected chi connectivity index (χ4v) is 1.41. The fourth-order valence-electron chi connectivity index (χ4n) is 1.16. The van der Waals surface area contributed by atoms with Crippen LogP contribution in [0.1, 0.15) is 10.4 Å². The molecule has 0 saturated heterocycles. The molecule has 3 nitrogen and oxygen atoms in total. The summed E-state index contributed by atoms with van der Waals surface area (Å²) < 4.78 is 12.7. The summed E-state index contributed by atoms with van der Waals surface area (Å²) in [7, 11) is 1.62. The van der Waals surface area contributed by atoms with E-state index < -0.39 is 5.82 Å². The van der Waals surface area contributed by atoms with Crippen molar-refractivity contribution < 1.29 is 9.18 Å². The second-order valence-corrected chi connectivity index (χ2v) is 3.55. The summed E-state index contributed by atoms with van der Waals surface area (Å²) in [5.41, 5.74) is 5.61. The molecule has 0 bridgehead atoms. The maximum absolute atomic E-state index is 12.7. The minimum absolute atomic E-state index is 0.115. The molecule has 82 valence electrons. The molecule has 1 aromatic rings. The van der Waals surface area contributed by atoms with E-state index in [1.165, 1.54) is 17.0 Å². The van der Waals surface area contributed by atoms with Gasteiger partial charge in [-0.1, -0.05) is 11.6 Å². The van der Waals surface area contributed by atoms with E-state index in [2.05, 4.69) is 0 Å². The molecule has 5 heteroatoms. The van der Waals surface area contributed by atoms with Crippen molar-refractivity contribution in [3.63, 3.8) is 0 Å². The van der Waals surface area contributed by atoms with Gasteiger partial charge in [0.1, 0.15) is 5.82 Å². The summed E-state index contributed by atoms with van der Waals surface area (Å²) >= 11 is 5.75. The number of amides is 1. The third-order valence-electron chi connectivity index (χ3n) is 1.97. The van der Waals surface area contributed by atoms with Gasteiger partial charge >= 0.3 is 0 Å². The summed E-state index contributed by atoms with van der Waals surface area (Å²) in [5, 5.41) is 0.115. The van der Waals surface area contributed by atoms with Crippen molar-refractivity contribution in [1.29, 1.82) is 0 Å². The zero-order chi connectivity index (χ0) is 11.4. The van der Waals surface area contributed by atoms with E-state index in [9.17, 15) is 9.18 Å². The number of hydrogen-bond donors (Lipinski definition) is 1. The first-order chi connectivity index (χ1) is 7.06. The van der Waals surface area contributed by atoms with Crippen molar-refractivity contribution in [2.45, 2.75) is 0 Å². The molecule has 1 aromatic carbocycles. The van der Waals surface area contributed by atoms with Crippen LogP contribution in [0.15, 0.2) is 18.2 Å². The minimum Gasteiger partial charge on any atom is -0.340 e. The number of carbonyl (C=O) groups excluding carboxylic acids is 1. The Morgan fingerprint density at radius 3 is 2.80 bits per heavy atom. The molecule has 0 saturated carbocycles. The van der Waals surface area contributed by atoms with E-state index in [0.29, 0.717) is 13.1 Å². The molecule has 0 spiro atoms. The highest BCUT2D eigenvalue weighted by Crippen LogP contribution is 2.18. The molecular weight excluding hydrogens is 219 g/mol. The fraction of sp³-hybridized carbons (Fsp3) is 0.300. The average molecular weight is 231 g/mol. The quantitative estimate of drug-likeness (QED) is 0.856. The van der Waals surface area contributed by atoms with Gasteiger partial charge in [0.2, 0.25) is 0 Å². The Balaban J connectivity index is 2.91. The molecule has 0 heterocycles. The van der Waals surface area contributed by atoms with Crippen molar-refractivity contribution in [3.8, 4) is 0 Å². The lowest BCUT2D eigenvalue weighted by Gasteiger charge is -2.16. The summed E-state index contributed by atoms with van der Waals surface area (Å²) in [4.78, 5) is 13.2. The van der Waals surface area contributed by atoms with Crippen molar-refractivity contribution in [2.75, 3.05) is 20.1 Å². The third-order valence-corrected chi connectivity index (χ3v) is 2.29. The molecule has 0 aromatic heterocycles. The first-order valence-corrected chi connectivity index (χ1v) is 4.84. The molecule has 15 heavy (non-hydrogen) atoms. The van der Waals surface area contributed by atoms with Gasteiger partial charge in [-0.15, -0.1) is 0 Å². The van der Waals surface area contributed by atoms with Crippen LogP contribution in [0.25, 0.3) is 0 Å². The highest BCUT2D eigenvalue weighted by molar-refractivity contribution is 6.33. The maximum atomic E-state index is 12.7. The van der Waals surface area contributed by atoms with Gasteiger partial charge in [0.15, 0.2) is 0 Å². The predicted octanol–water partition coefficient (Wildman–Crippen LogP) is 1.51. The molecule has 0 aliphatic carbocycles. The predicted molar refractivity (Wildman–Crippen MR) is 57.4 cm³/mol. The summed E-state index contributed by atoms with van der Waals surface area (Å²) in [6.07, 6.45) is 0. The van der Waals surface area contributed by atoms with Gasteiger partial charge in [0.05, 0.1) is 10.6 Å². The highest BCUT2D eigenvalue weighted by Gasteiger charge is 2.14. The van der Waals surface area contributed by atoms with Crippen molar-refractivity contribution in [1.82, 2.24) is 4.90 Å². The Hall–Kier alpha value is -1.13. The Bertz CT molecular complexity index is 370. The van der Waals surface area contributed by atoms with Crippen LogP contribution in [0.3, 0.4) is 0 Å². The van der Waals surface area contributed by atoms with E-state index in [1.54, 1.807) is 7.05 Å². The van der Waals surface area contributed by atoms with E-state index in [1.807, 2.05) is 0 Å². The molecule has 0 aliphatic rings. The molecule has 0 atom stereocenters. The van der Waals surface area contributed by atoms with E-state index in [0.717, 1.165) is 6.07 Å². The zero-order valence-corrected chi connectivity index (χ0v) is 9.09. The first kappa shape index (κ1) is 11.9. The van der Waals surface area contributed by atoms with E-state index in [-0.39, 0.29) is 16.5 Å². The van der Waals surface area contributed by atoms with Crippen LogP contribution in [-0.4, -0.2) is 30.9 Å². The molecular formula is C10H12ClFN2O. The maximum Gasteiger partial charge on any atom is 0.255 e. The van der Waals surface area contributed by atoms with Crippen LogP contribution in [0.2, 0.25) is 5.02 Å². The lowest BCUT2D eigenvalue weighted by Crippen LogP contribution is -2.31. The first-order valence-electron chi connectivity index (χ1n) is 4.47. The smallest absolute Gasteiger partial charge is 0.255 e. The van der Waals surface area contributed by atoms with E-state index in [4.69, 9.17) is 17.3 Å². The molecule has 2 N–H and O–H groups in total. The van der Waals surface area contributed by atoms with Crippen LogP contribution < -0.4 is 5.73 Å². The third kappa shape index (κ3) is 2.91. The summed E-state index contributed by atoms with van der Waals surface area (Å²) in [6, 6.07) is 3.69. The van der Waals surface area contributed by atoms with Crippen LogP contribution in [0, 0.1) is 5.82 Å². The molecule has 1 rings (SSSR count). The van der Waals surface area contributed by atoms with Gasteiger partial charge in [-0.2, -0.15) is 0 Å². The number of nitrogens with two attached hydrogens (primary N) is 1. The number of rotatable bonds is 3. The average Bonchev–Trinajstić information content (AvgIpc) is 2.17. The number of benzene rings is 1. The van der Waals surface area contributed by atoms with Gasteiger partial charge < -0.3 is 10.6 Å². The van der Waals surface area contributed by atoms with Crippen LogP contribution >= 0.6 is 11.6 Å². The molecule has 0 radical (unpaired) electrons. The van der Waals surface area contributed by atoms with Crippen molar-refractivity contribution in [3.05, 3.63) is 34.6 Å². The van der Waals surface area contributed by atoms with Crippen molar-refractivity contribution in [2.24, 2.45) is 5.73 Å². The summed E-state index contributed by atoms with van der Waals surface area (Å²) in [6.45, 7) is 0.813. The number of halogens is 2. The molecule has 1 amide bonds. The summed E-state index contributed by atoms with van der Waals surface area (Å²) in [5.74, 6) is -0.719. The van der Waals surface area contributed by atoms with Gasteiger partial charge in [-0.25, -0.2) is 4.39 Å². The molecule has 0 aliphatic heterocycles. The van der Waals surface area contributed by atoms with Crippen LogP contribution in [-0.2, 0) is 0 Å². The topological polar surface area (TPSA) is 46.3 Å². The minimum atomic E-state index is -0.460. The number of carbonyl (C=O) groups is 1. The number of hydrogen-bond acceptors (Lipinski definition) is 2. The Labute approximate surface area is 92.6 Å². The van der Waals surface area contributed by atoms with Crippen LogP contribution in [0.5, 0.6) is 0 Å². The second kappa shape index (κ2) is 5.09. The second-order valence-electron chi connectivity index (χ2n) is 3.14. The lowest BCUT2D eigenvalue weighted by atomic mass is 10.2. The Morgan fingerprint density at radius 1 is 1.60 bits per heavy atom. The molecule has 0 fully saturated rings. The SMILES string of the molecule is CN(CCN)C(=O)c1ccc(F)cc1Cl. The van der Waals surface area contributed by atoms with Gasteiger partial charge in [0.25, 0.3) is 5.91 Å². The normalized spacial score (nSPS) is 10.1. The largest absolute Gasteiger partial charge is 0.340 e. The zero-order valence-electron chi connectivity index (χ0n) is 8.34. The Morgan fingerprint density at radius 2 is 2.27 bits per heavy atom. The highest BCUT2D eigenvalue weighted by atomic mass is 35.5.